The van der Waals surface area contributed by atoms with Gasteiger partial charge in [-0.25, -0.2) is 4.79 Å². The molecule has 124 valence electrons. The van der Waals surface area contributed by atoms with Gasteiger partial charge in [-0.3, -0.25) is 9.69 Å². The lowest BCUT2D eigenvalue weighted by atomic mass is 10.2. The Morgan fingerprint density at radius 2 is 1.96 bits per heavy atom. The number of piperazine rings is 1. The summed E-state index contributed by atoms with van der Waals surface area (Å²) in [6.45, 7) is 9.07. The zero-order chi connectivity index (χ0) is 16.2. The number of nitrogens with zero attached hydrogens (tertiary/aromatic N) is 3. The Morgan fingerprint density at radius 3 is 2.70 bits per heavy atom. The topological polar surface area (TPSA) is 69.6 Å². The molecule has 3 rings (SSSR count). The van der Waals surface area contributed by atoms with E-state index in [0.29, 0.717) is 31.7 Å². The molecule has 1 aromatic heterocycles. The number of hydrogen-bond acceptors (Lipinski definition) is 4. The molecule has 2 aliphatic rings. The summed E-state index contributed by atoms with van der Waals surface area (Å²) in [5, 5.41) is 6.02. The second-order valence-corrected chi connectivity index (χ2v) is 6.02. The van der Waals surface area contributed by atoms with Gasteiger partial charge in [-0.05, 0) is 6.07 Å². The summed E-state index contributed by atoms with van der Waals surface area (Å²) in [4.78, 5) is 28.5. The zero-order valence-electron chi connectivity index (χ0n) is 13.3. The summed E-state index contributed by atoms with van der Waals surface area (Å²) < 4.78 is 1.72. The molecule has 7 heteroatoms. The van der Waals surface area contributed by atoms with E-state index >= 15 is 0 Å². The molecule has 0 radical (unpaired) electrons. The highest BCUT2D eigenvalue weighted by Crippen LogP contribution is 2.10. The van der Waals surface area contributed by atoms with Crippen molar-refractivity contribution in [2.45, 2.75) is 19.6 Å². The molecule has 2 amide bonds. The van der Waals surface area contributed by atoms with E-state index in [4.69, 9.17) is 0 Å². The van der Waals surface area contributed by atoms with Crippen molar-refractivity contribution in [2.75, 3.05) is 32.7 Å². The predicted molar refractivity (Wildman–Crippen MR) is 87.8 cm³/mol. The lowest BCUT2D eigenvalue weighted by molar-refractivity contribution is 0.185. The first-order valence-electron chi connectivity index (χ1n) is 7.98. The largest absolute Gasteiger partial charge is 0.321 e. The van der Waals surface area contributed by atoms with Crippen molar-refractivity contribution in [2.24, 2.45) is 0 Å². The zero-order valence-corrected chi connectivity index (χ0v) is 13.3. The van der Waals surface area contributed by atoms with E-state index in [2.05, 4.69) is 22.1 Å². The van der Waals surface area contributed by atoms with Gasteiger partial charge in [0.25, 0.3) is 5.56 Å². The average Bonchev–Trinajstić information content (AvgIpc) is 2.54. The summed E-state index contributed by atoms with van der Waals surface area (Å²) in [5.41, 5.74) is 1.35. The normalized spacial score (nSPS) is 19.7. The van der Waals surface area contributed by atoms with Crippen LogP contribution in [0.25, 0.3) is 0 Å². The standard InChI is InChI=1S/C16H23N5O2/c1-13-4-8-20(16(23)18-13)11-14-3-2-7-21(15(14)22)12-19-9-5-17-6-10-19/h2-3,7,17H,1,4-6,8-12H2,(H,18,23). The third kappa shape index (κ3) is 3.80. The first kappa shape index (κ1) is 15.8. The van der Waals surface area contributed by atoms with Crippen molar-refractivity contribution in [1.82, 2.24) is 25.0 Å². The minimum atomic E-state index is -0.182. The van der Waals surface area contributed by atoms with Crippen molar-refractivity contribution in [3.8, 4) is 0 Å². The molecule has 23 heavy (non-hydrogen) atoms. The van der Waals surface area contributed by atoms with Crippen LogP contribution in [0.15, 0.2) is 35.4 Å². The number of rotatable bonds is 4. The predicted octanol–water partition coefficient (Wildman–Crippen LogP) is 0.140. The van der Waals surface area contributed by atoms with Crippen molar-refractivity contribution in [3.63, 3.8) is 0 Å². The minimum absolute atomic E-state index is 0.0248. The van der Waals surface area contributed by atoms with Gasteiger partial charge in [0.15, 0.2) is 0 Å². The van der Waals surface area contributed by atoms with Crippen molar-refractivity contribution >= 4 is 6.03 Å². The summed E-state index contributed by atoms with van der Waals surface area (Å²) in [7, 11) is 0. The van der Waals surface area contributed by atoms with E-state index in [0.717, 1.165) is 31.9 Å². The fraction of sp³-hybridized carbons (Fsp3) is 0.500. The van der Waals surface area contributed by atoms with Crippen LogP contribution in [-0.4, -0.2) is 53.1 Å². The Morgan fingerprint density at radius 1 is 1.17 bits per heavy atom. The van der Waals surface area contributed by atoms with E-state index < -0.39 is 0 Å². The number of carbonyl (C=O) groups is 1. The highest BCUT2D eigenvalue weighted by atomic mass is 16.2. The Kier molecular flexibility index (Phi) is 4.78. The molecule has 1 aromatic rings. The number of nitrogens with one attached hydrogen (secondary N) is 2. The van der Waals surface area contributed by atoms with Crippen LogP contribution in [0, 0.1) is 0 Å². The van der Waals surface area contributed by atoms with Crippen molar-refractivity contribution < 1.29 is 4.79 Å². The molecule has 7 nitrogen and oxygen atoms in total. The maximum absolute atomic E-state index is 12.6. The summed E-state index contributed by atoms with van der Waals surface area (Å²) in [6, 6.07) is 3.49. The Bertz CT molecular complexity index is 648. The SMILES string of the molecule is C=C1CCN(Cc2cccn(CN3CCNCC3)c2=O)C(=O)N1. The van der Waals surface area contributed by atoms with Crippen molar-refractivity contribution in [1.29, 1.82) is 0 Å². The molecule has 2 fully saturated rings. The number of urea groups is 1. The minimum Gasteiger partial charge on any atom is -0.320 e. The fourth-order valence-corrected chi connectivity index (χ4v) is 2.91. The molecular formula is C16H23N5O2. The highest BCUT2D eigenvalue weighted by molar-refractivity contribution is 5.77. The molecule has 0 bridgehead atoms. The first-order valence-corrected chi connectivity index (χ1v) is 7.98. The fourth-order valence-electron chi connectivity index (χ4n) is 2.91. The molecule has 0 aromatic carbocycles. The van der Waals surface area contributed by atoms with Crippen LogP contribution in [0.2, 0.25) is 0 Å². The molecule has 3 heterocycles. The second kappa shape index (κ2) is 6.97. The maximum atomic E-state index is 12.6. The van der Waals surface area contributed by atoms with Gasteiger partial charge in [-0.15, -0.1) is 0 Å². The van der Waals surface area contributed by atoms with Crippen LogP contribution in [0.1, 0.15) is 12.0 Å². The summed E-state index contributed by atoms with van der Waals surface area (Å²) >= 11 is 0. The molecular weight excluding hydrogens is 294 g/mol. The van der Waals surface area contributed by atoms with E-state index in [1.165, 1.54) is 0 Å². The third-order valence-corrected chi connectivity index (χ3v) is 4.28. The first-order chi connectivity index (χ1) is 11.1. The monoisotopic (exact) mass is 317 g/mol. The van der Waals surface area contributed by atoms with Gasteiger partial charge in [-0.2, -0.15) is 0 Å². The van der Waals surface area contributed by atoms with E-state index in [1.54, 1.807) is 15.5 Å². The second-order valence-electron chi connectivity index (χ2n) is 6.02. The molecule has 2 N–H and O–H groups in total. The van der Waals surface area contributed by atoms with Gasteiger partial charge in [0.05, 0.1) is 13.2 Å². The molecule has 0 aliphatic carbocycles. The Labute approximate surface area is 135 Å². The molecule has 2 aliphatic heterocycles. The molecule has 2 saturated heterocycles. The lowest BCUT2D eigenvalue weighted by Crippen LogP contribution is -2.47. The van der Waals surface area contributed by atoms with Crippen LogP contribution >= 0.6 is 0 Å². The summed E-state index contributed by atoms with van der Waals surface area (Å²) in [5.74, 6) is 0. The highest BCUT2D eigenvalue weighted by Gasteiger charge is 2.21. The molecule has 0 spiro atoms. The Balaban J connectivity index is 1.70. The Hall–Kier alpha value is -2.12. The number of pyridine rings is 1. The van der Waals surface area contributed by atoms with Crippen LogP contribution in [-0.2, 0) is 13.2 Å². The van der Waals surface area contributed by atoms with Gasteiger partial charge in [0.2, 0.25) is 0 Å². The number of hydrogen-bond donors (Lipinski definition) is 2. The number of amides is 2. The van der Waals surface area contributed by atoms with Crippen LogP contribution in [0.4, 0.5) is 4.79 Å². The number of carbonyl (C=O) groups excluding carboxylic acids is 1. The molecule has 0 saturated carbocycles. The maximum Gasteiger partial charge on any atom is 0.321 e. The van der Waals surface area contributed by atoms with E-state index in [9.17, 15) is 9.59 Å². The smallest absolute Gasteiger partial charge is 0.320 e. The van der Waals surface area contributed by atoms with Crippen LogP contribution < -0.4 is 16.2 Å². The van der Waals surface area contributed by atoms with Gasteiger partial charge in [0, 0.05) is 56.6 Å². The van der Waals surface area contributed by atoms with Crippen molar-refractivity contribution in [3.05, 3.63) is 46.5 Å². The van der Waals surface area contributed by atoms with Crippen LogP contribution in [0.5, 0.6) is 0 Å². The van der Waals surface area contributed by atoms with Gasteiger partial charge >= 0.3 is 6.03 Å². The average molecular weight is 317 g/mol. The third-order valence-electron chi connectivity index (χ3n) is 4.28. The number of aromatic nitrogens is 1. The van der Waals surface area contributed by atoms with Crippen LogP contribution in [0.3, 0.4) is 0 Å². The van der Waals surface area contributed by atoms with E-state index in [1.807, 2.05) is 12.3 Å². The molecule has 0 atom stereocenters. The van der Waals surface area contributed by atoms with E-state index in [-0.39, 0.29) is 11.6 Å². The summed E-state index contributed by atoms with van der Waals surface area (Å²) in [6.07, 6.45) is 2.53. The quantitative estimate of drug-likeness (QED) is 0.829. The van der Waals surface area contributed by atoms with Gasteiger partial charge in [-0.1, -0.05) is 12.6 Å². The van der Waals surface area contributed by atoms with Gasteiger partial charge in [0.1, 0.15) is 0 Å². The van der Waals surface area contributed by atoms with Gasteiger partial charge < -0.3 is 20.1 Å². The lowest BCUT2D eigenvalue weighted by Gasteiger charge is -2.29. The molecule has 0 unspecified atom stereocenters.